The summed E-state index contributed by atoms with van der Waals surface area (Å²) in [6, 6.07) is 8.98. The molecule has 13 rings (SSSR count). The van der Waals surface area contributed by atoms with Crippen LogP contribution in [0.1, 0.15) is 159 Å². The molecule has 8 saturated carbocycles. The molecule has 7 nitrogen and oxygen atoms in total. The van der Waals surface area contributed by atoms with E-state index in [-0.39, 0.29) is 17.6 Å². The number of carbonyl (C=O) groups excluding carboxylic acids is 2. The highest BCUT2D eigenvalue weighted by atomic mass is 16.1. The van der Waals surface area contributed by atoms with Crippen LogP contribution in [0.5, 0.6) is 0 Å². The molecule has 9 aliphatic carbocycles. The summed E-state index contributed by atoms with van der Waals surface area (Å²) in [7, 11) is 0. The average molecular weight is 878 g/mol. The van der Waals surface area contributed by atoms with Crippen LogP contribution in [0.4, 0.5) is 5.82 Å². The highest BCUT2D eigenvalue weighted by Crippen LogP contribution is 2.63. The second kappa shape index (κ2) is 17.5. The zero-order chi connectivity index (χ0) is 44.6. The summed E-state index contributed by atoms with van der Waals surface area (Å²) in [5, 5.41) is 1.03. The maximum Gasteiger partial charge on any atom is 0.163 e. The van der Waals surface area contributed by atoms with E-state index in [1.807, 2.05) is 20.0 Å². The Balaban J connectivity index is 0.740. The van der Waals surface area contributed by atoms with Gasteiger partial charge in [0.25, 0.3) is 0 Å². The molecule has 1 aliphatic heterocycles. The Labute approximate surface area is 390 Å². The Kier molecular flexibility index (Phi) is 11.9. The van der Waals surface area contributed by atoms with Crippen LogP contribution in [0.25, 0.3) is 22.0 Å². The molecule has 7 heteroatoms. The molecule has 0 atom stereocenters. The van der Waals surface area contributed by atoms with Crippen molar-refractivity contribution < 1.29 is 9.59 Å². The van der Waals surface area contributed by atoms with Crippen molar-refractivity contribution in [3.05, 3.63) is 70.6 Å². The first-order valence-corrected chi connectivity index (χ1v) is 26.6. The maximum absolute atomic E-state index is 14.2. The SMILES string of the molecule is CC1=CC(C)=C(CCC(=O)c2cc(-c3ccc(N4CCN(CCN(CCC56CC7CC(CC(C7)C5)C6)CCC56CC7CC(CC(C7)C5)C6)CC4)nc3)cc3c2c(C)cn3C(C)C)C(=O)C1. The molecule has 10 aliphatic rings. The van der Waals surface area contributed by atoms with Gasteiger partial charge in [-0.3, -0.25) is 14.5 Å². The van der Waals surface area contributed by atoms with Gasteiger partial charge >= 0.3 is 0 Å². The third kappa shape index (κ3) is 8.89. The van der Waals surface area contributed by atoms with E-state index in [0.717, 1.165) is 117 Å². The first kappa shape index (κ1) is 44.0. The molecule has 0 radical (unpaired) electrons. The van der Waals surface area contributed by atoms with Gasteiger partial charge < -0.3 is 14.4 Å². The molecular formula is C58H79N5O2. The van der Waals surface area contributed by atoms with E-state index in [0.29, 0.717) is 30.1 Å². The fraction of sp³-hybridized carbons (Fsp3) is 0.672. The number of pyridine rings is 1. The third-order valence-corrected chi connectivity index (χ3v) is 19.1. The van der Waals surface area contributed by atoms with Crippen LogP contribution >= 0.6 is 0 Å². The molecule has 65 heavy (non-hydrogen) atoms. The molecule has 3 aromatic rings. The number of benzene rings is 1. The molecule has 8 bridgehead atoms. The quantitative estimate of drug-likeness (QED) is 0.134. The lowest BCUT2D eigenvalue weighted by molar-refractivity contribution is -0.115. The fourth-order valence-corrected chi connectivity index (χ4v) is 16.7. The zero-order valence-corrected chi connectivity index (χ0v) is 40.8. The maximum atomic E-state index is 14.2. The summed E-state index contributed by atoms with van der Waals surface area (Å²) < 4.78 is 2.29. The van der Waals surface area contributed by atoms with Crippen molar-refractivity contribution in [2.75, 3.05) is 57.3 Å². The standard InChI is InChI=1S/C58H79N5O2/c1-38(2)63-37-41(5)56-51(53(64)8-7-50-40(4)20-39(3)21-54(50)65)28-49(29-52(56)63)48-6-9-55(59-36-48)62-18-16-61(17-19-62)15-14-60(12-10-57-30-42-22-43(31-57)24-44(23-42)32-57)13-11-58-33-45-25-46(34-58)27-47(26-45)35-58/h6,9,20,28-29,36-38,42-47H,7-8,10-19,21-27,30-35H2,1-5H3. The van der Waals surface area contributed by atoms with Crippen LogP contribution in [0, 0.1) is 53.3 Å². The molecule has 1 aromatic carbocycles. The van der Waals surface area contributed by atoms with Crippen molar-refractivity contribution in [3.63, 3.8) is 0 Å². The van der Waals surface area contributed by atoms with Crippen LogP contribution in [0.2, 0.25) is 0 Å². The molecule has 0 N–H and O–H groups in total. The Bertz CT molecular complexity index is 2240. The minimum absolute atomic E-state index is 0.0941. The second-order valence-electron chi connectivity index (χ2n) is 24.3. The van der Waals surface area contributed by atoms with Gasteiger partial charge in [0, 0.05) is 92.6 Å². The molecule has 9 fully saturated rings. The molecular weight excluding hydrogens is 799 g/mol. The number of nitrogens with zero attached hydrogens (tertiary/aromatic N) is 5. The van der Waals surface area contributed by atoms with E-state index in [1.54, 1.807) is 77.0 Å². The normalized spacial score (nSPS) is 32.0. The average Bonchev–Trinajstić information content (AvgIpc) is 3.61. The molecule has 0 amide bonds. The minimum Gasteiger partial charge on any atom is -0.354 e. The number of ketones is 2. The number of hydrogen-bond donors (Lipinski definition) is 0. The van der Waals surface area contributed by atoms with E-state index in [2.05, 4.69) is 76.6 Å². The van der Waals surface area contributed by atoms with Crippen molar-refractivity contribution in [3.8, 4) is 11.1 Å². The van der Waals surface area contributed by atoms with Crippen LogP contribution < -0.4 is 4.90 Å². The van der Waals surface area contributed by atoms with E-state index in [9.17, 15) is 9.59 Å². The fourth-order valence-electron chi connectivity index (χ4n) is 16.7. The molecule has 3 heterocycles. The topological polar surface area (TPSA) is 61.7 Å². The lowest BCUT2D eigenvalue weighted by Crippen LogP contribution is -2.50. The van der Waals surface area contributed by atoms with E-state index >= 15 is 0 Å². The molecule has 1 saturated heterocycles. The number of anilines is 1. The summed E-state index contributed by atoms with van der Waals surface area (Å²) in [6.07, 6.45) is 29.0. The predicted molar refractivity (Wildman–Crippen MR) is 265 cm³/mol. The third-order valence-electron chi connectivity index (χ3n) is 19.1. The molecule has 2 aromatic heterocycles. The predicted octanol–water partition coefficient (Wildman–Crippen LogP) is 12.4. The summed E-state index contributed by atoms with van der Waals surface area (Å²) in [6.45, 7) is 19.8. The first-order chi connectivity index (χ1) is 31.3. The van der Waals surface area contributed by atoms with Crippen LogP contribution in [0.15, 0.2) is 59.5 Å². The number of piperazine rings is 1. The number of Topliss-reactive ketones (excluding diaryl/α,β-unsaturated/α-hetero) is 2. The Hall–Kier alpha value is -3.55. The number of aromatic nitrogens is 2. The number of rotatable bonds is 16. The minimum atomic E-state index is 0.0941. The molecule has 0 unspecified atom stereocenters. The van der Waals surface area contributed by atoms with Gasteiger partial charge in [0.05, 0.1) is 0 Å². The largest absolute Gasteiger partial charge is 0.354 e. The van der Waals surface area contributed by atoms with E-state index in [4.69, 9.17) is 4.98 Å². The highest BCUT2D eigenvalue weighted by molar-refractivity contribution is 6.11. The van der Waals surface area contributed by atoms with Crippen molar-refractivity contribution >= 4 is 28.3 Å². The van der Waals surface area contributed by atoms with Crippen molar-refractivity contribution in [2.24, 2.45) is 46.3 Å². The lowest BCUT2D eigenvalue weighted by atomic mass is 9.48. The van der Waals surface area contributed by atoms with Gasteiger partial charge in [-0.2, -0.15) is 0 Å². The number of hydrogen-bond acceptors (Lipinski definition) is 6. The van der Waals surface area contributed by atoms with Gasteiger partial charge in [0.1, 0.15) is 5.82 Å². The number of allylic oxidation sites excluding steroid dienone is 4. The van der Waals surface area contributed by atoms with Crippen LogP contribution in [-0.4, -0.2) is 83.3 Å². The van der Waals surface area contributed by atoms with E-state index < -0.39 is 0 Å². The van der Waals surface area contributed by atoms with Crippen molar-refractivity contribution in [1.29, 1.82) is 0 Å². The van der Waals surface area contributed by atoms with Crippen LogP contribution in [-0.2, 0) is 4.79 Å². The van der Waals surface area contributed by atoms with Gasteiger partial charge in [-0.1, -0.05) is 11.6 Å². The number of aryl methyl sites for hydroxylation is 1. The number of carbonyl (C=O) groups is 2. The van der Waals surface area contributed by atoms with Gasteiger partial charge in [0.2, 0.25) is 0 Å². The van der Waals surface area contributed by atoms with Crippen molar-refractivity contribution in [1.82, 2.24) is 19.4 Å². The first-order valence-electron chi connectivity index (χ1n) is 26.6. The summed E-state index contributed by atoms with van der Waals surface area (Å²) in [5.41, 5.74) is 9.22. The molecule has 0 spiro atoms. The van der Waals surface area contributed by atoms with Crippen molar-refractivity contribution in [2.45, 2.75) is 150 Å². The van der Waals surface area contributed by atoms with Gasteiger partial charge in [-0.05, 0) is 237 Å². The monoisotopic (exact) mass is 878 g/mol. The van der Waals surface area contributed by atoms with Gasteiger partial charge in [0.15, 0.2) is 11.6 Å². The Morgan fingerprint density at radius 1 is 0.769 bits per heavy atom. The molecule has 348 valence electrons. The zero-order valence-electron chi connectivity index (χ0n) is 40.8. The van der Waals surface area contributed by atoms with E-state index in [1.165, 1.54) is 39.0 Å². The second-order valence-corrected chi connectivity index (χ2v) is 24.3. The number of fused-ring (bicyclic) bond motifs is 1. The Morgan fingerprint density at radius 3 is 1.88 bits per heavy atom. The van der Waals surface area contributed by atoms with Crippen LogP contribution in [0.3, 0.4) is 0 Å². The Morgan fingerprint density at radius 2 is 1.35 bits per heavy atom. The summed E-state index contributed by atoms with van der Waals surface area (Å²) in [4.78, 5) is 40.4. The highest BCUT2D eigenvalue weighted by Gasteiger charge is 2.52. The van der Waals surface area contributed by atoms with Gasteiger partial charge in [-0.15, -0.1) is 0 Å². The summed E-state index contributed by atoms with van der Waals surface area (Å²) in [5.74, 6) is 7.58. The van der Waals surface area contributed by atoms with Gasteiger partial charge in [-0.25, -0.2) is 4.98 Å². The lowest BCUT2D eigenvalue weighted by Gasteiger charge is -2.58. The smallest absolute Gasteiger partial charge is 0.163 e. The summed E-state index contributed by atoms with van der Waals surface area (Å²) >= 11 is 0.